The predicted octanol–water partition coefficient (Wildman–Crippen LogP) is 4.81. The van der Waals surface area contributed by atoms with Crippen molar-refractivity contribution in [3.63, 3.8) is 0 Å². The van der Waals surface area contributed by atoms with E-state index in [1.165, 1.54) is 11.0 Å². The number of anilines is 1. The molecule has 0 unspecified atom stereocenters. The number of fused-ring (bicyclic) bond motifs is 3. The van der Waals surface area contributed by atoms with Gasteiger partial charge in [0.05, 0.1) is 23.2 Å². The third-order valence-electron chi connectivity index (χ3n) is 6.92. The van der Waals surface area contributed by atoms with Gasteiger partial charge in [0.15, 0.2) is 0 Å². The van der Waals surface area contributed by atoms with E-state index < -0.39 is 17.6 Å². The minimum absolute atomic E-state index is 0.0383. The Morgan fingerprint density at radius 2 is 1.51 bits per heavy atom. The highest BCUT2D eigenvalue weighted by atomic mass is 16.5. The van der Waals surface area contributed by atoms with E-state index >= 15 is 0 Å². The van der Waals surface area contributed by atoms with Gasteiger partial charge in [-0.1, -0.05) is 60.7 Å². The lowest BCUT2D eigenvalue weighted by Crippen LogP contribution is -2.42. The fourth-order valence-electron chi connectivity index (χ4n) is 4.84. The Balaban J connectivity index is 1.22. The van der Waals surface area contributed by atoms with Gasteiger partial charge < -0.3 is 20.1 Å². The summed E-state index contributed by atoms with van der Waals surface area (Å²) >= 11 is 0. The summed E-state index contributed by atoms with van der Waals surface area (Å²) in [7, 11) is 1.55. The topological polar surface area (TPSA) is 95.9 Å². The molecule has 1 fully saturated rings. The maximum absolute atomic E-state index is 12.9. The molecule has 7 nitrogen and oxygen atoms in total. The molecular formula is C28H26N2O5. The first-order valence-electron chi connectivity index (χ1n) is 11.6. The quantitative estimate of drug-likeness (QED) is 0.517. The maximum atomic E-state index is 12.9. The molecule has 0 saturated heterocycles. The number of carboxylic acid groups (broad SMARTS) is 1. The standard InChI is InChI=1S/C28H26N2O5/c1-30(24-13-7-6-12-22(24)26(32)33)25(31)16-28(14-15-28)29-27(34)35-17-23-20-10-4-2-8-18(20)19-9-3-5-11-21(19)23/h2-13,23H,14-17H2,1H3,(H,29,34)(H,32,33). The summed E-state index contributed by atoms with van der Waals surface area (Å²) in [6, 6.07) is 22.6. The summed E-state index contributed by atoms with van der Waals surface area (Å²) < 4.78 is 5.64. The van der Waals surface area contributed by atoms with Crippen LogP contribution in [0.3, 0.4) is 0 Å². The van der Waals surface area contributed by atoms with Crippen LogP contribution in [0.1, 0.15) is 46.7 Å². The molecular weight excluding hydrogens is 444 g/mol. The van der Waals surface area contributed by atoms with Crippen LogP contribution in [-0.4, -0.2) is 42.3 Å². The van der Waals surface area contributed by atoms with Crippen LogP contribution in [0.5, 0.6) is 0 Å². The Hall–Kier alpha value is -4.13. The molecule has 2 N–H and O–H groups in total. The SMILES string of the molecule is CN(C(=O)CC1(NC(=O)OCC2c3ccccc3-c3ccccc32)CC1)c1ccccc1C(=O)O. The van der Waals surface area contributed by atoms with Crippen molar-refractivity contribution in [2.45, 2.75) is 30.7 Å². The molecule has 5 rings (SSSR count). The predicted molar refractivity (Wildman–Crippen MR) is 132 cm³/mol. The average molecular weight is 471 g/mol. The Labute approximate surface area is 203 Å². The zero-order chi connectivity index (χ0) is 24.6. The van der Waals surface area contributed by atoms with Gasteiger partial charge in [0.1, 0.15) is 6.61 Å². The molecule has 3 aromatic carbocycles. The summed E-state index contributed by atoms with van der Waals surface area (Å²) in [5, 5.41) is 12.3. The fraction of sp³-hybridized carbons (Fsp3) is 0.250. The Kier molecular flexibility index (Phi) is 5.76. The number of nitrogens with zero attached hydrogens (tertiary/aromatic N) is 1. The van der Waals surface area contributed by atoms with Gasteiger partial charge in [0, 0.05) is 13.0 Å². The lowest BCUT2D eigenvalue weighted by Gasteiger charge is -2.23. The van der Waals surface area contributed by atoms with Gasteiger partial charge in [-0.2, -0.15) is 0 Å². The van der Waals surface area contributed by atoms with Gasteiger partial charge >= 0.3 is 12.1 Å². The van der Waals surface area contributed by atoms with Gasteiger partial charge in [-0.15, -0.1) is 0 Å². The first kappa shape index (κ1) is 22.7. The fourth-order valence-corrected chi connectivity index (χ4v) is 4.84. The van der Waals surface area contributed by atoms with E-state index in [2.05, 4.69) is 29.6 Å². The monoisotopic (exact) mass is 470 g/mol. The highest BCUT2D eigenvalue weighted by molar-refractivity contribution is 6.02. The molecule has 0 radical (unpaired) electrons. The second-order valence-electron chi connectivity index (χ2n) is 9.18. The van der Waals surface area contributed by atoms with Crippen LogP contribution in [0, 0.1) is 0 Å². The zero-order valence-corrected chi connectivity index (χ0v) is 19.4. The van der Waals surface area contributed by atoms with Crippen LogP contribution in [0.25, 0.3) is 11.1 Å². The summed E-state index contributed by atoms with van der Waals surface area (Å²) in [4.78, 5) is 38.5. The second kappa shape index (κ2) is 8.91. The van der Waals surface area contributed by atoms with Crippen molar-refractivity contribution < 1.29 is 24.2 Å². The van der Waals surface area contributed by atoms with E-state index in [4.69, 9.17) is 4.74 Å². The number of aromatic carboxylic acids is 1. The number of carbonyl (C=O) groups is 3. The summed E-state index contributed by atoms with van der Waals surface area (Å²) in [6.07, 6.45) is 0.849. The second-order valence-corrected chi connectivity index (χ2v) is 9.18. The van der Waals surface area contributed by atoms with Crippen LogP contribution >= 0.6 is 0 Å². The molecule has 1 saturated carbocycles. The third kappa shape index (κ3) is 4.37. The molecule has 2 amide bonds. The Morgan fingerprint density at radius 3 is 2.11 bits per heavy atom. The van der Waals surface area contributed by atoms with E-state index in [-0.39, 0.29) is 30.4 Å². The highest BCUT2D eigenvalue weighted by Gasteiger charge is 2.47. The van der Waals surface area contributed by atoms with E-state index in [1.54, 1.807) is 25.2 Å². The number of hydrogen-bond donors (Lipinski definition) is 2. The van der Waals surface area contributed by atoms with Crippen molar-refractivity contribution in [1.82, 2.24) is 5.32 Å². The zero-order valence-electron chi connectivity index (χ0n) is 19.4. The Morgan fingerprint density at radius 1 is 0.943 bits per heavy atom. The number of ether oxygens (including phenoxy) is 1. The molecule has 178 valence electrons. The number of carbonyl (C=O) groups excluding carboxylic acids is 2. The van der Waals surface area contributed by atoms with Gasteiger partial charge in [-0.25, -0.2) is 9.59 Å². The summed E-state index contributed by atoms with van der Waals surface area (Å²) in [5.41, 5.74) is 4.30. The number of carboxylic acids is 1. The van der Waals surface area contributed by atoms with Gasteiger partial charge in [0.2, 0.25) is 5.91 Å². The van der Waals surface area contributed by atoms with Crippen LogP contribution in [-0.2, 0) is 9.53 Å². The lowest BCUT2D eigenvalue weighted by molar-refractivity contribution is -0.118. The molecule has 3 aromatic rings. The van der Waals surface area contributed by atoms with Crippen LogP contribution < -0.4 is 10.2 Å². The number of hydrogen-bond acceptors (Lipinski definition) is 4. The molecule has 0 heterocycles. The minimum Gasteiger partial charge on any atom is -0.478 e. The number of nitrogens with one attached hydrogen (secondary N) is 1. The average Bonchev–Trinajstić information content (AvgIpc) is 3.54. The van der Waals surface area contributed by atoms with Crippen molar-refractivity contribution in [2.75, 3.05) is 18.6 Å². The van der Waals surface area contributed by atoms with Crippen molar-refractivity contribution in [2.24, 2.45) is 0 Å². The van der Waals surface area contributed by atoms with Crippen molar-refractivity contribution >= 4 is 23.7 Å². The molecule has 0 spiro atoms. The number of para-hydroxylation sites is 1. The molecule has 35 heavy (non-hydrogen) atoms. The molecule has 0 atom stereocenters. The normalized spacial score (nSPS) is 15.0. The summed E-state index contributed by atoms with van der Waals surface area (Å²) in [6.45, 7) is 0.204. The van der Waals surface area contributed by atoms with Crippen LogP contribution in [0.4, 0.5) is 10.5 Å². The van der Waals surface area contributed by atoms with Crippen molar-refractivity contribution in [1.29, 1.82) is 0 Å². The lowest BCUT2D eigenvalue weighted by atomic mass is 9.98. The van der Waals surface area contributed by atoms with Crippen LogP contribution in [0.2, 0.25) is 0 Å². The van der Waals surface area contributed by atoms with E-state index in [1.807, 2.05) is 24.3 Å². The number of alkyl carbamates (subject to hydrolysis) is 1. The number of benzene rings is 3. The third-order valence-corrected chi connectivity index (χ3v) is 6.92. The maximum Gasteiger partial charge on any atom is 0.407 e. The van der Waals surface area contributed by atoms with Gasteiger partial charge in [-0.3, -0.25) is 4.79 Å². The number of rotatable bonds is 7. The van der Waals surface area contributed by atoms with Gasteiger partial charge in [0.25, 0.3) is 0 Å². The van der Waals surface area contributed by atoms with Crippen LogP contribution in [0.15, 0.2) is 72.8 Å². The largest absolute Gasteiger partial charge is 0.478 e. The van der Waals surface area contributed by atoms with Crippen molar-refractivity contribution in [3.05, 3.63) is 89.5 Å². The minimum atomic E-state index is -1.10. The first-order chi connectivity index (χ1) is 16.9. The highest BCUT2D eigenvalue weighted by Crippen LogP contribution is 2.45. The first-order valence-corrected chi connectivity index (χ1v) is 11.6. The molecule has 7 heteroatoms. The molecule has 2 aliphatic rings. The number of amides is 2. The Bertz CT molecular complexity index is 1270. The smallest absolute Gasteiger partial charge is 0.407 e. The van der Waals surface area contributed by atoms with E-state index in [9.17, 15) is 19.5 Å². The van der Waals surface area contributed by atoms with E-state index in [0.717, 1.165) is 22.3 Å². The molecule has 0 aromatic heterocycles. The molecule has 2 aliphatic carbocycles. The molecule has 0 aliphatic heterocycles. The molecule has 0 bridgehead atoms. The van der Waals surface area contributed by atoms with Gasteiger partial charge in [-0.05, 0) is 47.2 Å². The van der Waals surface area contributed by atoms with E-state index in [0.29, 0.717) is 18.5 Å². The summed E-state index contributed by atoms with van der Waals surface area (Å²) in [5.74, 6) is -1.41. The van der Waals surface area contributed by atoms with Crippen molar-refractivity contribution in [3.8, 4) is 11.1 Å².